The molecule has 2 aliphatic heterocycles. The molecular weight excluding hydrogens is 388 g/mol. The highest BCUT2D eigenvalue weighted by molar-refractivity contribution is 7.21. The SMILES string of the molecule is CC1(C)c2ccccc2[Si]2(c3ccccc31)c1ccccc1C(C)(C)c1ccccc12. The molecule has 2 aliphatic rings. The van der Waals surface area contributed by atoms with Crippen LogP contribution >= 0.6 is 0 Å². The first-order valence-electron chi connectivity index (χ1n) is 11.3. The lowest BCUT2D eigenvalue weighted by Crippen LogP contribution is -2.82. The van der Waals surface area contributed by atoms with Crippen LogP contribution in [0.15, 0.2) is 97.1 Å². The highest BCUT2D eigenvalue weighted by Crippen LogP contribution is 2.40. The largest absolute Gasteiger partial charge is 0.180 e. The van der Waals surface area contributed by atoms with E-state index in [1.165, 1.54) is 22.3 Å². The lowest BCUT2D eigenvalue weighted by atomic mass is 9.77. The highest BCUT2D eigenvalue weighted by atomic mass is 28.3. The van der Waals surface area contributed by atoms with Crippen molar-refractivity contribution in [2.24, 2.45) is 0 Å². The van der Waals surface area contributed by atoms with E-state index in [9.17, 15) is 0 Å². The van der Waals surface area contributed by atoms with Crippen LogP contribution in [0.4, 0.5) is 0 Å². The molecule has 0 amide bonds. The molecule has 1 spiro atoms. The molecule has 0 fully saturated rings. The van der Waals surface area contributed by atoms with E-state index < -0.39 is 8.07 Å². The molecule has 1 heteroatoms. The van der Waals surface area contributed by atoms with Crippen molar-refractivity contribution < 1.29 is 0 Å². The minimum Gasteiger partial charge on any atom is -0.0623 e. The normalized spacial score (nSPS) is 18.5. The Kier molecular flexibility index (Phi) is 3.69. The number of benzene rings is 4. The molecule has 0 saturated heterocycles. The van der Waals surface area contributed by atoms with E-state index in [2.05, 4.69) is 125 Å². The van der Waals surface area contributed by atoms with Crippen LogP contribution < -0.4 is 20.7 Å². The van der Waals surface area contributed by atoms with Gasteiger partial charge in [0.2, 0.25) is 0 Å². The molecule has 0 radical (unpaired) electrons. The second kappa shape index (κ2) is 6.08. The monoisotopic (exact) mass is 416 g/mol. The number of hydrogen-bond acceptors (Lipinski definition) is 0. The summed E-state index contributed by atoms with van der Waals surface area (Å²) < 4.78 is 0. The lowest BCUT2D eigenvalue weighted by molar-refractivity contribution is 0.639. The van der Waals surface area contributed by atoms with Gasteiger partial charge in [-0.2, -0.15) is 0 Å². The molecule has 4 aromatic rings. The smallest absolute Gasteiger partial charge is 0.0623 e. The van der Waals surface area contributed by atoms with E-state index in [0.29, 0.717) is 0 Å². The van der Waals surface area contributed by atoms with E-state index in [4.69, 9.17) is 0 Å². The predicted molar refractivity (Wildman–Crippen MR) is 134 cm³/mol. The van der Waals surface area contributed by atoms with Gasteiger partial charge in [-0.3, -0.25) is 0 Å². The van der Waals surface area contributed by atoms with E-state index in [0.717, 1.165) is 0 Å². The molecule has 0 N–H and O–H groups in total. The molecule has 0 bridgehead atoms. The van der Waals surface area contributed by atoms with Gasteiger partial charge in [-0.1, -0.05) is 125 Å². The number of hydrogen-bond donors (Lipinski definition) is 0. The number of fused-ring (bicyclic) bond motifs is 8. The maximum Gasteiger partial charge on any atom is 0.180 e. The van der Waals surface area contributed by atoms with Crippen molar-refractivity contribution in [1.82, 2.24) is 0 Å². The van der Waals surface area contributed by atoms with Crippen LogP contribution in [0.2, 0.25) is 0 Å². The van der Waals surface area contributed by atoms with Gasteiger partial charge < -0.3 is 0 Å². The van der Waals surface area contributed by atoms with E-state index in [-0.39, 0.29) is 10.8 Å². The zero-order valence-corrected chi connectivity index (χ0v) is 19.7. The Bertz CT molecular complexity index is 1130. The minimum atomic E-state index is -2.43. The fourth-order valence-electron chi connectivity index (χ4n) is 6.58. The quantitative estimate of drug-likeness (QED) is 0.374. The summed E-state index contributed by atoms with van der Waals surface area (Å²) in [5.41, 5.74) is 5.94. The van der Waals surface area contributed by atoms with Crippen LogP contribution in [-0.2, 0) is 10.8 Å². The van der Waals surface area contributed by atoms with Gasteiger partial charge in [0.15, 0.2) is 8.07 Å². The molecule has 6 rings (SSSR count). The fourth-order valence-corrected chi connectivity index (χ4v) is 12.9. The molecule has 0 aliphatic carbocycles. The van der Waals surface area contributed by atoms with E-state index in [1.807, 2.05) is 0 Å². The maximum absolute atomic E-state index is 2.44. The molecule has 0 aromatic heterocycles. The molecule has 0 atom stereocenters. The second-order valence-electron chi connectivity index (χ2n) is 10.2. The Hall–Kier alpha value is -2.90. The molecule has 2 heterocycles. The third-order valence-corrected chi connectivity index (χ3v) is 13.0. The standard InChI is InChI=1S/C30H28Si/c1-29(2)21-13-5-9-17-25(21)31(26-18-10-6-14-22(26)29)27-19-11-7-15-23(27)30(3,4)24-16-8-12-20-28(24)31/h5-20H,1-4H3. The van der Waals surface area contributed by atoms with Crippen LogP contribution in [0.5, 0.6) is 0 Å². The average Bonchev–Trinajstić information content (AvgIpc) is 2.80. The predicted octanol–water partition coefficient (Wildman–Crippen LogP) is 4.34. The van der Waals surface area contributed by atoms with Crippen molar-refractivity contribution in [3.63, 3.8) is 0 Å². The lowest BCUT2D eigenvalue weighted by Gasteiger charge is -2.52. The summed E-state index contributed by atoms with van der Waals surface area (Å²) in [7, 11) is -2.43. The summed E-state index contributed by atoms with van der Waals surface area (Å²) in [6.07, 6.45) is 0. The maximum atomic E-state index is 2.44. The zero-order chi connectivity index (χ0) is 21.4. The number of rotatable bonds is 0. The van der Waals surface area contributed by atoms with Crippen LogP contribution in [0.1, 0.15) is 49.9 Å². The van der Waals surface area contributed by atoms with Crippen LogP contribution in [0.25, 0.3) is 0 Å². The van der Waals surface area contributed by atoms with E-state index >= 15 is 0 Å². The summed E-state index contributed by atoms with van der Waals surface area (Å²) in [5, 5.41) is 6.26. The zero-order valence-electron chi connectivity index (χ0n) is 18.7. The molecule has 0 saturated carbocycles. The van der Waals surface area contributed by atoms with Crippen LogP contribution in [0, 0.1) is 0 Å². The molecular formula is C30H28Si. The minimum absolute atomic E-state index is 0.0116. The van der Waals surface area contributed by atoms with Crippen molar-refractivity contribution in [1.29, 1.82) is 0 Å². The first kappa shape index (κ1) is 18.8. The van der Waals surface area contributed by atoms with Crippen molar-refractivity contribution >= 4 is 28.8 Å². The van der Waals surface area contributed by atoms with Crippen LogP contribution in [-0.4, -0.2) is 8.07 Å². The van der Waals surface area contributed by atoms with Crippen molar-refractivity contribution in [3.05, 3.63) is 119 Å². The molecule has 31 heavy (non-hydrogen) atoms. The summed E-state index contributed by atoms with van der Waals surface area (Å²) in [4.78, 5) is 0. The molecule has 0 nitrogen and oxygen atoms in total. The van der Waals surface area contributed by atoms with Gasteiger partial charge >= 0.3 is 0 Å². The summed E-state index contributed by atoms with van der Waals surface area (Å²) >= 11 is 0. The van der Waals surface area contributed by atoms with Gasteiger partial charge in [0.1, 0.15) is 0 Å². The Labute approximate surface area is 186 Å². The average molecular weight is 417 g/mol. The van der Waals surface area contributed by atoms with Gasteiger partial charge in [-0.25, -0.2) is 0 Å². The summed E-state index contributed by atoms with van der Waals surface area (Å²) in [6.45, 7) is 9.60. The van der Waals surface area contributed by atoms with Gasteiger partial charge in [0.25, 0.3) is 0 Å². The first-order chi connectivity index (χ1) is 14.9. The molecule has 4 aromatic carbocycles. The third kappa shape index (κ3) is 2.15. The Morgan fingerprint density at radius 3 is 0.871 bits per heavy atom. The topological polar surface area (TPSA) is 0 Å². The third-order valence-electron chi connectivity index (χ3n) is 8.02. The van der Waals surface area contributed by atoms with Gasteiger partial charge in [-0.05, 0) is 43.0 Å². The van der Waals surface area contributed by atoms with Crippen molar-refractivity contribution in [2.45, 2.75) is 38.5 Å². The van der Waals surface area contributed by atoms with Crippen molar-refractivity contribution in [2.75, 3.05) is 0 Å². The second-order valence-corrected chi connectivity index (χ2v) is 13.8. The van der Waals surface area contributed by atoms with E-state index in [1.54, 1.807) is 20.7 Å². The van der Waals surface area contributed by atoms with Gasteiger partial charge in [0.05, 0.1) is 0 Å². The van der Waals surface area contributed by atoms with Crippen LogP contribution in [0.3, 0.4) is 0 Å². The molecule has 0 unspecified atom stereocenters. The van der Waals surface area contributed by atoms with Gasteiger partial charge in [0, 0.05) is 10.8 Å². The summed E-state index contributed by atoms with van der Waals surface area (Å²) in [6, 6.07) is 37.2. The Balaban J connectivity index is 1.90. The van der Waals surface area contributed by atoms with Crippen molar-refractivity contribution in [3.8, 4) is 0 Å². The summed E-state index contributed by atoms with van der Waals surface area (Å²) in [5.74, 6) is 0. The van der Waals surface area contributed by atoms with Gasteiger partial charge in [-0.15, -0.1) is 0 Å². The fraction of sp³-hybridized carbons (Fsp3) is 0.200. The highest BCUT2D eigenvalue weighted by Gasteiger charge is 2.56. The molecule has 152 valence electrons. The Morgan fingerprint density at radius 1 is 0.387 bits per heavy atom. The first-order valence-corrected chi connectivity index (χ1v) is 13.3. The Morgan fingerprint density at radius 2 is 0.613 bits per heavy atom.